The molecule has 0 saturated carbocycles. The molecule has 3 aromatic rings. The zero-order chi connectivity index (χ0) is 21.1. The van der Waals surface area contributed by atoms with Crippen molar-refractivity contribution >= 4 is 33.9 Å². The molecule has 0 bridgehead atoms. The molecule has 0 aliphatic rings. The molecule has 3 aromatic carbocycles. The first kappa shape index (κ1) is 19.8. The van der Waals surface area contributed by atoms with E-state index in [0.29, 0.717) is 11.1 Å². The zero-order valence-electron chi connectivity index (χ0n) is 14.6. The van der Waals surface area contributed by atoms with Crippen molar-refractivity contribution in [2.75, 3.05) is 4.31 Å². The van der Waals surface area contributed by atoms with Crippen molar-refractivity contribution in [3.63, 3.8) is 0 Å². The van der Waals surface area contributed by atoms with Crippen molar-refractivity contribution in [2.45, 2.75) is 0 Å². The highest BCUT2D eigenvalue weighted by Crippen LogP contribution is 2.35. The monoisotopic (exact) mass is 414 g/mol. The smallest absolute Gasteiger partial charge is 0.339 e. The molecule has 0 fully saturated rings. The number of carboxylic acids is 1. The predicted molar refractivity (Wildman–Crippen MR) is 106 cm³/mol. The second-order valence-corrected chi connectivity index (χ2v) is 6.76. The average Bonchev–Trinajstić information content (AvgIpc) is 2.68. The second-order valence-electron chi connectivity index (χ2n) is 5.88. The quantitative estimate of drug-likeness (QED) is 0.319. The first-order valence-electron chi connectivity index (χ1n) is 8.14. The van der Waals surface area contributed by atoms with E-state index in [9.17, 15) is 28.4 Å². The predicted octanol–water partition coefficient (Wildman–Crippen LogP) is 3.33. The van der Waals surface area contributed by atoms with Gasteiger partial charge in [0.2, 0.25) is 10.9 Å². The van der Waals surface area contributed by atoms with E-state index in [1.807, 2.05) is 0 Å². The highest BCUT2D eigenvalue weighted by atomic mass is 32.2. The van der Waals surface area contributed by atoms with Gasteiger partial charge in [-0.15, -0.1) is 0 Å². The number of hydrogen-bond donors (Lipinski definition) is 3. The third-order valence-corrected chi connectivity index (χ3v) is 4.91. The Morgan fingerprint density at radius 1 is 0.966 bits per heavy atom. The van der Waals surface area contributed by atoms with Crippen LogP contribution in [0, 0.1) is 10.1 Å². The van der Waals surface area contributed by atoms with E-state index >= 15 is 0 Å². The summed E-state index contributed by atoms with van der Waals surface area (Å²) in [5.41, 5.74) is 0.407. The van der Waals surface area contributed by atoms with Crippen LogP contribution in [0.3, 0.4) is 0 Å². The SMILES string of the molecule is O=C(O)c1ccc(N(c2cccc(-c3ccccc3[N+](=O)[O-])c2)[SH](=O)=O)cc1O. The van der Waals surface area contributed by atoms with Crippen LogP contribution in [-0.2, 0) is 10.9 Å². The average molecular weight is 414 g/mol. The molecule has 0 amide bonds. The van der Waals surface area contributed by atoms with Gasteiger partial charge in [-0.2, -0.15) is 0 Å². The van der Waals surface area contributed by atoms with Gasteiger partial charge >= 0.3 is 5.97 Å². The van der Waals surface area contributed by atoms with Crippen LogP contribution in [0.15, 0.2) is 66.7 Å². The molecule has 0 atom stereocenters. The fourth-order valence-electron chi connectivity index (χ4n) is 2.85. The van der Waals surface area contributed by atoms with Crippen LogP contribution >= 0.6 is 0 Å². The molecule has 10 heteroatoms. The molecule has 0 aromatic heterocycles. The largest absolute Gasteiger partial charge is 0.507 e. The fourth-order valence-corrected chi connectivity index (χ4v) is 3.48. The van der Waals surface area contributed by atoms with Gasteiger partial charge in [0.1, 0.15) is 11.3 Å². The molecular formula is C19H14N2O7S. The summed E-state index contributed by atoms with van der Waals surface area (Å²) in [4.78, 5) is 21.8. The Hall–Kier alpha value is -3.92. The normalized spacial score (nSPS) is 10.7. The molecule has 0 spiro atoms. The van der Waals surface area contributed by atoms with Crippen LogP contribution in [-0.4, -0.2) is 29.5 Å². The number of nitro benzene ring substituents is 1. The van der Waals surface area contributed by atoms with E-state index in [0.717, 1.165) is 16.4 Å². The summed E-state index contributed by atoms with van der Waals surface area (Å²) in [6.45, 7) is 0. The third-order valence-electron chi connectivity index (χ3n) is 4.12. The summed E-state index contributed by atoms with van der Waals surface area (Å²) in [5, 5.41) is 30.2. The molecule has 29 heavy (non-hydrogen) atoms. The number of nitrogens with zero attached hydrogens (tertiary/aromatic N) is 2. The van der Waals surface area contributed by atoms with Gasteiger partial charge in [0, 0.05) is 12.1 Å². The minimum absolute atomic E-state index is 0.0170. The van der Waals surface area contributed by atoms with Gasteiger partial charge in [0.15, 0.2) is 0 Å². The number of para-hydroxylation sites is 1. The molecule has 0 unspecified atom stereocenters. The number of rotatable bonds is 6. The summed E-state index contributed by atoms with van der Waals surface area (Å²) in [5.74, 6) is -1.95. The summed E-state index contributed by atoms with van der Waals surface area (Å²) < 4.78 is 24.7. The molecule has 0 aliphatic heterocycles. The number of benzene rings is 3. The number of aromatic hydroxyl groups is 1. The molecule has 2 N–H and O–H groups in total. The molecule has 9 nitrogen and oxygen atoms in total. The molecule has 0 aliphatic carbocycles. The Morgan fingerprint density at radius 3 is 2.28 bits per heavy atom. The van der Waals surface area contributed by atoms with Crippen LogP contribution in [0.5, 0.6) is 5.75 Å². The van der Waals surface area contributed by atoms with Gasteiger partial charge in [-0.3, -0.25) is 10.1 Å². The Balaban J connectivity index is 2.12. The number of carboxylic acid groups (broad SMARTS) is 1. The maximum Gasteiger partial charge on any atom is 0.339 e. The number of thiol groups is 1. The van der Waals surface area contributed by atoms with Crippen molar-refractivity contribution in [1.29, 1.82) is 0 Å². The lowest BCUT2D eigenvalue weighted by Gasteiger charge is -2.19. The van der Waals surface area contributed by atoms with Gasteiger partial charge < -0.3 is 10.2 Å². The number of aromatic carboxylic acids is 1. The Bertz CT molecular complexity index is 1180. The van der Waals surface area contributed by atoms with Gasteiger partial charge in [0.05, 0.1) is 21.9 Å². The number of anilines is 2. The standard InChI is InChI=1S/C19H14N2O7S/c22-18-11-14(8-9-16(18)19(23)24)20(29(27)28)13-5-3-4-12(10-13)15-6-1-2-7-17(15)21(25)26/h1-11,22,29H,(H,23,24). The van der Waals surface area contributed by atoms with Crippen LogP contribution in [0.25, 0.3) is 11.1 Å². The lowest BCUT2D eigenvalue weighted by atomic mass is 10.0. The van der Waals surface area contributed by atoms with Crippen LogP contribution in [0.4, 0.5) is 17.1 Å². The summed E-state index contributed by atoms with van der Waals surface area (Å²) in [7, 11) is -3.21. The topological polar surface area (TPSA) is 138 Å². The van der Waals surface area contributed by atoms with E-state index in [1.165, 1.54) is 30.3 Å². The minimum atomic E-state index is -3.21. The van der Waals surface area contributed by atoms with E-state index in [1.54, 1.807) is 24.3 Å². The van der Waals surface area contributed by atoms with Gasteiger partial charge in [-0.25, -0.2) is 17.5 Å². The first-order valence-corrected chi connectivity index (χ1v) is 9.27. The zero-order valence-corrected chi connectivity index (χ0v) is 15.5. The summed E-state index contributed by atoms with van der Waals surface area (Å²) in [6, 6.07) is 15.5. The van der Waals surface area contributed by atoms with Gasteiger partial charge in [0.25, 0.3) is 5.69 Å². The van der Waals surface area contributed by atoms with Crippen LogP contribution < -0.4 is 4.31 Å². The number of hydrogen-bond acceptors (Lipinski definition) is 6. The Morgan fingerprint density at radius 2 is 1.66 bits per heavy atom. The van der Waals surface area contributed by atoms with E-state index < -0.39 is 27.5 Å². The highest BCUT2D eigenvalue weighted by Gasteiger charge is 2.19. The van der Waals surface area contributed by atoms with E-state index in [2.05, 4.69) is 0 Å². The molecule has 0 heterocycles. The molecule has 148 valence electrons. The first-order chi connectivity index (χ1) is 13.8. The molecule has 0 radical (unpaired) electrons. The second kappa shape index (κ2) is 7.98. The fraction of sp³-hybridized carbons (Fsp3) is 0. The van der Waals surface area contributed by atoms with Crippen molar-refractivity contribution in [3.05, 3.63) is 82.4 Å². The van der Waals surface area contributed by atoms with E-state index in [-0.39, 0.29) is 22.6 Å². The van der Waals surface area contributed by atoms with Crippen molar-refractivity contribution in [1.82, 2.24) is 0 Å². The number of phenols is 1. The number of nitro groups is 1. The van der Waals surface area contributed by atoms with Crippen LogP contribution in [0.1, 0.15) is 10.4 Å². The number of carbonyl (C=O) groups is 1. The van der Waals surface area contributed by atoms with Gasteiger partial charge in [-0.1, -0.05) is 24.3 Å². The van der Waals surface area contributed by atoms with Crippen molar-refractivity contribution in [3.8, 4) is 16.9 Å². The molecular weight excluding hydrogens is 400 g/mol. The van der Waals surface area contributed by atoms with E-state index in [4.69, 9.17) is 5.11 Å². The van der Waals surface area contributed by atoms with Crippen LogP contribution in [0.2, 0.25) is 0 Å². The maximum atomic E-state index is 11.9. The Kier molecular flexibility index (Phi) is 5.46. The molecule has 3 rings (SSSR count). The maximum absolute atomic E-state index is 11.9. The highest BCUT2D eigenvalue weighted by molar-refractivity contribution is 7.74. The third kappa shape index (κ3) is 4.01. The van der Waals surface area contributed by atoms with Crippen molar-refractivity contribution in [2.24, 2.45) is 0 Å². The van der Waals surface area contributed by atoms with Gasteiger partial charge in [-0.05, 0) is 35.9 Å². The molecule has 0 saturated heterocycles. The lowest BCUT2D eigenvalue weighted by Crippen LogP contribution is -2.14. The Labute approximate surface area is 166 Å². The van der Waals surface area contributed by atoms with Crippen molar-refractivity contribution < 1.29 is 28.3 Å². The summed E-state index contributed by atoms with van der Waals surface area (Å²) in [6.07, 6.45) is 0. The lowest BCUT2D eigenvalue weighted by molar-refractivity contribution is -0.384. The summed E-state index contributed by atoms with van der Waals surface area (Å²) >= 11 is 0. The minimum Gasteiger partial charge on any atom is -0.507 e.